The number of benzene rings is 1. The van der Waals surface area contributed by atoms with Crippen LogP contribution in [0, 0.1) is 6.92 Å². The second-order valence-corrected chi connectivity index (χ2v) is 5.16. The lowest BCUT2D eigenvalue weighted by atomic mass is 9.85. The molecule has 0 saturated heterocycles. The minimum atomic E-state index is -0.300. The highest BCUT2D eigenvalue weighted by atomic mass is 16.5. The van der Waals surface area contributed by atoms with E-state index in [9.17, 15) is 4.79 Å². The minimum Gasteiger partial charge on any atom is -0.465 e. The van der Waals surface area contributed by atoms with Crippen LogP contribution in [0.4, 0.5) is 0 Å². The number of ether oxygens (including phenoxy) is 1. The molecular weight excluding hydrogens is 262 g/mol. The molecule has 1 aliphatic rings. The topological polar surface area (TPSA) is 39.2 Å². The number of esters is 1. The zero-order valence-corrected chi connectivity index (χ0v) is 12.2. The smallest absolute Gasteiger partial charge is 0.337 e. The van der Waals surface area contributed by atoms with E-state index in [-0.39, 0.29) is 5.97 Å². The maximum Gasteiger partial charge on any atom is 0.337 e. The van der Waals surface area contributed by atoms with Crippen LogP contribution in [-0.2, 0) is 11.2 Å². The van der Waals surface area contributed by atoms with Gasteiger partial charge in [-0.05, 0) is 54.7 Å². The fraction of sp³-hybridized carbons (Fsp3) is 0.222. The van der Waals surface area contributed by atoms with Crippen molar-refractivity contribution in [3.05, 3.63) is 70.6 Å². The van der Waals surface area contributed by atoms with Gasteiger partial charge in [0.15, 0.2) is 0 Å². The third-order valence-corrected chi connectivity index (χ3v) is 3.88. The van der Waals surface area contributed by atoms with Crippen LogP contribution in [-0.4, -0.2) is 18.1 Å². The summed E-state index contributed by atoms with van der Waals surface area (Å²) in [5.74, 6) is -0.300. The summed E-state index contributed by atoms with van der Waals surface area (Å²) in [6.45, 7) is 2.01. The van der Waals surface area contributed by atoms with E-state index in [1.54, 1.807) is 6.20 Å². The van der Waals surface area contributed by atoms with Crippen molar-refractivity contribution in [3.8, 4) is 0 Å². The van der Waals surface area contributed by atoms with E-state index in [1.807, 2.05) is 31.2 Å². The first-order valence-electron chi connectivity index (χ1n) is 7.04. The van der Waals surface area contributed by atoms with Crippen LogP contribution >= 0.6 is 0 Å². The third-order valence-electron chi connectivity index (χ3n) is 3.88. The third kappa shape index (κ3) is 2.47. The molecule has 3 nitrogen and oxygen atoms in total. The predicted molar refractivity (Wildman–Crippen MR) is 82.2 cm³/mol. The average molecular weight is 279 g/mol. The summed E-state index contributed by atoms with van der Waals surface area (Å²) in [5, 5.41) is 0. The van der Waals surface area contributed by atoms with Crippen LogP contribution in [0.3, 0.4) is 0 Å². The van der Waals surface area contributed by atoms with E-state index in [0.29, 0.717) is 5.56 Å². The van der Waals surface area contributed by atoms with Crippen LogP contribution in [0.1, 0.15) is 39.2 Å². The Bertz CT molecular complexity index is 732. The van der Waals surface area contributed by atoms with Crippen LogP contribution in [0.25, 0.3) is 5.57 Å². The molecule has 0 atom stereocenters. The average Bonchev–Trinajstić information content (AvgIpc) is 2.53. The van der Waals surface area contributed by atoms with Gasteiger partial charge in [0.25, 0.3) is 0 Å². The minimum absolute atomic E-state index is 0.300. The van der Waals surface area contributed by atoms with E-state index < -0.39 is 0 Å². The van der Waals surface area contributed by atoms with Crippen molar-refractivity contribution in [2.45, 2.75) is 19.8 Å². The number of carbonyl (C=O) groups excluding carboxylic acids is 1. The van der Waals surface area contributed by atoms with Crippen molar-refractivity contribution < 1.29 is 9.53 Å². The zero-order valence-electron chi connectivity index (χ0n) is 12.2. The van der Waals surface area contributed by atoms with E-state index >= 15 is 0 Å². The molecule has 1 aromatic carbocycles. The van der Waals surface area contributed by atoms with Crippen LogP contribution < -0.4 is 0 Å². The molecule has 1 heterocycles. The van der Waals surface area contributed by atoms with Crippen molar-refractivity contribution in [3.63, 3.8) is 0 Å². The lowest BCUT2D eigenvalue weighted by Gasteiger charge is -2.20. The second kappa shape index (κ2) is 5.52. The fourth-order valence-corrected chi connectivity index (χ4v) is 2.80. The zero-order chi connectivity index (χ0) is 14.8. The summed E-state index contributed by atoms with van der Waals surface area (Å²) in [6, 6.07) is 9.82. The maximum absolute atomic E-state index is 11.8. The molecule has 0 fully saturated rings. The highest BCUT2D eigenvalue weighted by molar-refractivity contribution is 5.92. The maximum atomic E-state index is 11.8. The van der Waals surface area contributed by atoms with Gasteiger partial charge in [-0.15, -0.1) is 0 Å². The summed E-state index contributed by atoms with van der Waals surface area (Å²) < 4.78 is 4.82. The number of aromatic nitrogens is 1. The Labute approximate surface area is 124 Å². The molecule has 1 aromatic heterocycles. The molecule has 0 amide bonds. The molecule has 0 aliphatic heterocycles. The number of nitrogens with zero attached hydrogens (tertiary/aromatic N) is 1. The number of carbonyl (C=O) groups is 1. The highest BCUT2D eigenvalue weighted by Gasteiger charge is 2.18. The summed E-state index contributed by atoms with van der Waals surface area (Å²) in [7, 11) is 1.41. The lowest BCUT2D eigenvalue weighted by molar-refractivity contribution is 0.0600. The largest absolute Gasteiger partial charge is 0.465 e. The normalized spacial score (nSPS) is 13.3. The Morgan fingerprint density at radius 1 is 1.24 bits per heavy atom. The SMILES string of the molecule is COC(=O)c1ccc2c(c1)C(c1cccnc1C)=CCC2. The molecule has 0 bridgehead atoms. The predicted octanol–water partition coefficient (Wildman–Crippen LogP) is 3.55. The van der Waals surface area contributed by atoms with E-state index in [1.165, 1.54) is 12.7 Å². The molecule has 2 aromatic rings. The van der Waals surface area contributed by atoms with Crippen molar-refractivity contribution in [1.29, 1.82) is 0 Å². The molecule has 1 aliphatic carbocycles. The lowest BCUT2D eigenvalue weighted by Crippen LogP contribution is -2.07. The van der Waals surface area contributed by atoms with Gasteiger partial charge in [0.05, 0.1) is 12.7 Å². The standard InChI is InChI=1S/C18H17NO2/c1-12-15(7-4-10-19-12)16-6-3-5-13-8-9-14(11-17(13)16)18(20)21-2/h4,6-11H,3,5H2,1-2H3. The molecule has 106 valence electrons. The second-order valence-electron chi connectivity index (χ2n) is 5.16. The Kier molecular flexibility index (Phi) is 3.57. The number of hydrogen-bond donors (Lipinski definition) is 0. The fourth-order valence-electron chi connectivity index (χ4n) is 2.80. The molecule has 0 N–H and O–H groups in total. The summed E-state index contributed by atoms with van der Waals surface area (Å²) in [4.78, 5) is 16.1. The van der Waals surface area contributed by atoms with Gasteiger partial charge in [0.2, 0.25) is 0 Å². The van der Waals surface area contributed by atoms with E-state index in [2.05, 4.69) is 17.1 Å². The first-order valence-corrected chi connectivity index (χ1v) is 7.04. The summed E-state index contributed by atoms with van der Waals surface area (Å²) in [6.07, 6.45) is 6.04. The quantitative estimate of drug-likeness (QED) is 0.789. The first kappa shape index (κ1) is 13.6. The molecule has 21 heavy (non-hydrogen) atoms. The Hall–Kier alpha value is -2.42. The molecule has 0 unspecified atom stereocenters. The molecule has 3 heteroatoms. The van der Waals surface area contributed by atoms with Crippen LogP contribution in [0.2, 0.25) is 0 Å². The van der Waals surface area contributed by atoms with Gasteiger partial charge in [0, 0.05) is 17.5 Å². The molecule has 0 spiro atoms. The number of aryl methyl sites for hydroxylation is 2. The number of allylic oxidation sites excluding steroid dienone is 1. The van der Waals surface area contributed by atoms with Crippen LogP contribution in [0.5, 0.6) is 0 Å². The molecule has 0 radical (unpaired) electrons. The van der Waals surface area contributed by atoms with Crippen molar-refractivity contribution in [2.75, 3.05) is 7.11 Å². The van der Waals surface area contributed by atoms with Crippen LogP contribution in [0.15, 0.2) is 42.6 Å². The number of rotatable bonds is 2. The first-order chi connectivity index (χ1) is 10.2. The summed E-state index contributed by atoms with van der Waals surface area (Å²) in [5.41, 5.74) is 6.25. The summed E-state index contributed by atoms with van der Waals surface area (Å²) >= 11 is 0. The number of fused-ring (bicyclic) bond motifs is 1. The molecular formula is C18H17NO2. The monoisotopic (exact) mass is 279 g/mol. The van der Waals surface area contributed by atoms with Gasteiger partial charge in [0.1, 0.15) is 0 Å². The van der Waals surface area contributed by atoms with Crippen molar-refractivity contribution >= 4 is 11.5 Å². The number of hydrogen-bond acceptors (Lipinski definition) is 3. The number of pyridine rings is 1. The van der Waals surface area contributed by atoms with Crippen molar-refractivity contribution in [1.82, 2.24) is 4.98 Å². The van der Waals surface area contributed by atoms with Crippen molar-refractivity contribution in [2.24, 2.45) is 0 Å². The van der Waals surface area contributed by atoms with Gasteiger partial charge in [-0.25, -0.2) is 4.79 Å². The Balaban J connectivity index is 2.13. The Morgan fingerprint density at radius 3 is 2.86 bits per heavy atom. The molecule has 0 saturated carbocycles. The van der Waals surface area contributed by atoms with E-state index in [4.69, 9.17) is 4.74 Å². The Morgan fingerprint density at radius 2 is 2.10 bits per heavy atom. The van der Waals surface area contributed by atoms with Gasteiger partial charge < -0.3 is 4.74 Å². The highest BCUT2D eigenvalue weighted by Crippen LogP contribution is 2.33. The van der Waals surface area contributed by atoms with E-state index in [0.717, 1.165) is 35.2 Å². The molecule has 3 rings (SSSR count). The van der Waals surface area contributed by atoms with Gasteiger partial charge in [-0.3, -0.25) is 4.98 Å². The van der Waals surface area contributed by atoms with Gasteiger partial charge in [-0.2, -0.15) is 0 Å². The van der Waals surface area contributed by atoms with Gasteiger partial charge in [-0.1, -0.05) is 18.2 Å². The number of methoxy groups -OCH3 is 1. The van der Waals surface area contributed by atoms with Gasteiger partial charge >= 0.3 is 5.97 Å².